The Labute approximate surface area is 183 Å². The largest absolute Gasteiger partial charge is 0.416 e. The Balaban J connectivity index is 1.41. The van der Waals surface area contributed by atoms with Gasteiger partial charge in [0.05, 0.1) is 17.7 Å². The van der Waals surface area contributed by atoms with E-state index in [1.54, 1.807) is 21.9 Å². The predicted octanol–water partition coefficient (Wildman–Crippen LogP) is 4.46. The number of benzene rings is 1. The number of rotatable bonds is 5. The average Bonchev–Trinajstić information content (AvgIpc) is 3.49. The fourth-order valence-corrected chi connectivity index (χ4v) is 4.75. The van der Waals surface area contributed by atoms with E-state index in [1.165, 1.54) is 34.8 Å². The SMILES string of the molecule is O=C(Nc1nccs1)C1CCCN1C(=O)Cc1csc(-c2ccc(C(F)(F)F)cc2)n1. The summed E-state index contributed by atoms with van der Waals surface area (Å²) in [6, 6.07) is 4.21. The van der Waals surface area contributed by atoms with E-state index in [2.05, 4.69) is 15.3 Å². The van der Waals surface area contributed by atoms with Crippen LogP contribution in [0.25, 0.3) is 10.6 Å². The molecule has 162 valence electrons. The minimum Gasteiger partial charge on any atom is -0.330 e. The van der Waals surface area contributed by atoms with Gasteiger partial charge >= 0.3 is 6.18 Å². The molecular formula is C20H17F3N4O2S2. The number of nitrogens with zero attached hydrogens (tertiary/aromatic N) is 3. The molecule has 0 saturated carbocycles. The predicted molar refractivity (Wildman–Crippen MR) is 112 cm³/mol. The van der Waals surface area contributed by atoms with Crippen LogP contribution in [0.15, 0.2) is 41.2 Å². The Hall–Kier alpha value is -2.79. The van der Waals surface area contributed by atoms with Crippen molar-refractivity contribution in [3.63, 3.8) is 0 Å². The number of aromatic nitrogens is 2. The summed E-state index contributed by atoms with van der Waals surface area (Å²) in [5.74, 6) is -0.467. The maximum atomic E-state index is 12.8. The van der Waals surface area contributed by atoms with Crippen LogP contribution >= 0.6 is 22.7 Å². The zero-order valence-corrected chi connectivity index (χ0v) is 17.7. The average molecular weight is 467 g/mol. The molecule has 2 aromatic heterocycles. The standard InChI is InChI=1S/C20H17F3N4O2S2/c21-20(22,23)13-5-3-12(4-6-13)18-25-14(11-31-18)10-16(28)27-8-1-2-15(27)17(29)26-19-24-7-9-30-19/h3-7,9,11,15H,1-2,8,10H2,(H,24,26,29). The molecule has 3 aromatic rings. The summed E-state index contributed by atoms with van der Waals surface area (Å²) in [6.45, 7) is 0.491. The normalized spacial score (nSPS) is 16.5. The van der Waals surface area contributed by atoms with Gasteiger partial charge in [-0.25, -0.2) is 9.97 Å². The van der Waals surface area contributed by atoms with Gasteiger partial charge in [0, 0.05) is 29.1 Å². The zero-order valence-electron chi connectivity index (χ0n) is 16.1. The van der Waals surface area contributed by atoms with Crippen LogP contribution in [0.4, 0.5) is 18.3 Å². The molecule has 1 aliphatic heterocycles. The van der Waals surface area contributed by atoms with E-state index in [0.29, 0.717) is 34.4 Å². The number of halogens is 3. The number of amides is 2. The molecule has 1 atom stereocenters. The number of hydrogen-bond donors (Lipinski definition) is 1. The molecule has 1 aromatic carbocycles. The smallest absolute Gasteiger partial charge is 0.330 e. The highest BCUT2D eigenvalue weighted by Crippen LogP contribution is 2.32. The molecule has 11 heteroatoms. The number of hydrogen-bond acceptors (Lipinski definition) is 6. The zero-order chi connectivity index (χ0) is 22.0. The van der Waals surface area contributed by atoms with Crippen molar-refractivity contribution in [3.8, 4) is 10.6 Å². The number of alkyl halides is 3. The molecule has 0 spiro atoms. The maximum Gasteiger partial charge on any atom is 0.416 e. The van der Waals surface area contributed by atoms with Crippen molar-refractivity contribution in [1.29, 1.82) is 0 Å². The Morgan fingerprint density at radius 3 is 2.65 bits per heavy atom. The summed E-state index contributed by atoms with van der Waals surface area (Å²) < 4.78 is 38.2. The van der Waals surface area contributed by atoms with Gasteiger partial charge in [0.1, 0.15) is 11.0 Å². The summed E-state index contributed by atoms with van der Waals surface area (Å²) in [6.07, 6.45) is -1.46. The number of likely N-dealkylation sites (tertiary alicyclic amines) is 1. The molecule has 6 nitrogen and oxygen atoms in total. The van der Waals surface area contributed by atoms with Crippen LogP contribution in [0.3, 0.4) is 0 Å². The lowest BCUT2D eigenvalue weighted by Gasteiger charge is -2.23. The summed E-state index contributed by atoms with van der Waals surface area (Å²) in [5, 5.41) is 7.23. The van der Waals surface area contributed by atoms with Crippen molar-refractivity contribution >= 4 is 39.6 Å². The van der Waals surface area contributed by atoms with Gasteiger partial charge < -0.3 is 10.2 Å². The summed E-state index contributed by atoms with van der Waals surface area (Å²) in [5.41, 5.74) is 0.355. The third-order valence-electron chi connectivity index (χ3n) is 4.88. The minimum absolute atomic E-state index is 0.0260. The Kier molecular flexibility index (Phi) is 6.05. The van der Waals surface area contributed by atoms with Crippen molar-refractivity contribution in [3.05, 3.63) is 52.5 Å². The third-order valence-corrected chi connectivity index (χ3v) is 6.51. The number of anilines is 1. The molecule has 1 N–H and O–H groups in total. The van der Waals surface area contributed by atoms with Gasteiger partial charge in [0.2, 0.25) is 11.8 Å². The number of carbonyl (C=O) groups is 2. The third kappa shape index (κ3) is 4.93. The molecule has 1 unspecified atom stereocenters. The lowest BCUT2D eigenvalue weighted by Crippen LogP contribution is -2.43. The van der Waals surface area contributed by atoms with Crippen LogP contribution in [0, 0.1) is 0 Å². The first-order valence-electron chi connectivity index (χ1n) is 9.43. The van der Waals surface area contributed by atoms with Gasteiger partial charge in [-0.3, -0.25) is 9.59 Å². The minimum atomic E-state index is -4.39. The van der Waals surface area contributed by atoms with Gasteiger partial charge in [-0.05, 0) is 25.0 Å². The summed E-state index contributed by atoms with van der Waals surface area (Å²) >= 11 is 2.57. The first kappa shape index (κ1) is 21.4. The van der Waals surface area contributed by atoms with Gasteiger partial charge in [0.25, 0.3) is 0 Å². The number of nitrogens with one attached hydrogen (secondary N) is 1. The Morgan fingerprint density at radius 2 is 1.97 bits per heavy atom. The highest BCUT2D eigenvalue weighted by atomic mass is 32.1. The van der Waals surface area contributed by atoms with Crippen molar-refractivity contribution in [2.75, 3.05) is 11.9 Å². The number of carbonyl (C=O) groups excluding carboxylic acids is 2. The molecule has 2 amide bonds. The van der Waals surface area contributed by atoms with Crippen molar-refractivity contribution < 1.29 is 22.8 Å². The van der Waals surface area contributed by atoms with Gasteiger partial charge in [-0.2, -0.15) is 13.2 Å². The molecule has 3 heterocycles. The second-order valence-electron chi connectivity index (χ2n) is 6.97. The van der Waals surface area contributed by atoms with Crippen molar-refractivity contribution in [1.82, 2.24) is 14.9 Å². The van der Waals surface area contributed by atoms with Crippen molar-refractivity contribution in [2.45, 2.75) is 31.5 Å². The first-order chi connectivity index (χ1) is 14.8. The van der Waals surface area contributed by atoms with E-state index < -0.39 is 17.8 Å². The lowest BCUT2D eigenvalue weighted by atomic mass is 10.1. The van der Waals surface area contributed by atoms with E-state index >= 15 is 0 Å². The maximum absolute atomic E-state index is 12.8. The van der Waals surface area contributed by atoms with E-state index in [1.807, 2.05) is 0 Å². The van der Waals surface area contributed by atoms with Crippen LogP contribution < -0.4 is 5.32 Å². The molecule has 31 heavy (non-hydrogen) atoms. The molecule has 0 bridgehead atoms. The molecule has 0 aliphatic carbocycles. The summed E-state index contributed by atoms with van der Waals surface area (Å²) in [7, 11) is 0. The van der Waals surface area contributed by atoms with E-state index in [0.717, 1.165) is 18.6 Å². The van der Waals surface area contributed by atoms with E-state index in [-0.39, 0.29) is 18.2 Å². The Bertz CT molecular complexity index is 1070. The van der Waals surface area contributed by atoms with Crippen molar-refractivity contribution in [2.24, 2.45) is 0 Å². The van der Waals surface area contributed by atoms with Gasteiger partial charge in [0.15, 0.2) is 5.13 Å². The van der Waals surface area contributed by atoms with Crippen LogP contribution in [-0.2, 0) is 22.2 Å². The van der Waals surface area contributed by atoms with Crippen LogP contribution in [0.1, 0.15) is 24.1 Å². The molecule has 1 fully saturated rings. The highest BCUT2D eigenvalue weighted by Gasteiger charge is 2.34. The molecule has 1 saturated heterocycles. The highest BCUT2D eigenvalue weighted by molar-refractivity contribution is 7.13. The second-order valence-corrected chi connectivity index (χ2v) is 8.72. The second kappa shape index (κ2) is 8.75. The topological polar surface area (TPSA) is 75.2 Å². The summed E-state index contributed by atoms with van der Waals surface area (Å²) in [4.78, 5) is 35.3. The van der Waals surface area contributed by atoms with E-state index in [4.69, 9.17) is 0 Å². The van der Waals surface area contributed by atoms with Crippen LogP contribution in [0.5, 0.6) is 0 Å². The Morgan fingerprint density at radius 1 is 1.19 bits per heavy atom. The van der Waals surface area contributed by atoms with Crippen LogP contribution in [0.2, 0.25) is 0 Å². The quantitative estimate of drug-likeness (QED) is 0.603. The number of thiazole rings is 2. The van der Waals surface area contributed by atoms with Gasteiger partial charge in [-0.1, -0.05) is 12.1 Å². The molecular weight excluding hydrogens is 449 g/mol. The molecule has 0 radical (unpaired) electrons. The monoisotopic (exact) mass is 466 g/mol. The molecule has 1 aliphatic rings. The van der Waals surface area contributed by atoms with Crippen LogP contribution in [-0.4, -0.2) is 39.3 Å². The van der Waals surface area contributed by atoms with E-state index in [9.17, 15) is 22.8 Å². The van der Waals surface area contributed by atoms with Gasteiger partial charge in [-0.15, -0.1) is 22.7 Å². The lowest BCUT2D eigenvalue weighted by molar-refractivity contribution is -0.137. The molecule has 4 rings (SSSR count). The fourth-order valence-electron chi connectivity index (χ4n) is 3.39. The first-order valence-corrected chi connectivity index (χ1v) is 11.2. The fraction of sp³-hybridized carbons (Fsp3) is 0.300.